The van der Waals surface area contributed by atoms with E-state index >= 15 is 0 Å². The fourth-order valence-corrected chi connectivity index (χ4v) is 1.64. The van der Waals surface area contributed by atoms with Crippen LogP contribution in [-0.2, 0) is 14.4 Å². The summed E-state index contributed by atoms with van der Waals surface area (Å²) in [6.07, 6.45) is -1.33. The molecule has 0 spiro atoms. The van der Waals surface area contributed by atoms with E-state index in [4.69, 9.17) is 10.6 Å². The second-order valence-electron chi connectivity index (χ2n) is 4.97. The van der Waals surface area contributed by atoms with Crippen molar-refractivity contribution in [3.8, 4) is 0 Å². The number of carbonyl (C=O) groups is 2. The van der Waals surface area contributed by atoms with E-state index in [0.29, 0.717) is 0 Å². The minimum atomic E-state index is -0.884. The summed E-state index contributed by atoms with van der Waals surface area (Å²) in [6.45, 7) is 5.18. The molecule has 0 radical (unpaired) electrons. The van der Waals surface area contributed by atoms with Gasteiger partial charge in [-0.3, -0.25) is 4.90 Å². The summed E-state index contributed by atoms with van der Waals surface area (Å²) < 4.78 is 5.12. The Hall–Kier alpha value is -1.34. The molecule has 1 rings (SSSR count). The van der Waals surface area contributed by atoms with Crippen molar-refractivity contribution >= 4 is 12.1 Å². The van der Waals surface area contributed by atoms with Gasteiger partial charge in [-0.15, -0.1) is 0 Å². The summed E-state index contributed by atoms with van der Waals surface area (Å²) in [5, 5.41) is 9.46. The van der Waals surface area contributed by atoms with Gasteiger partial charge in [0.15, 0.2) is 0 Å². The molecule has 1 aliphatic rings. The van der Waals surface area contributed by atoms with Crippen molar-refractivity contribution in [2.75, 3.05) is 6.54 Å². The molecule has 0 aromatic heterocycles. The summed E-state index contributed by atoms with van der Waals surface area (Å²) in [5.41, 5.74) is -0.665. The average molecular weight is 246 g/mol. The van der Waals surface area contributed by atoms with Gasteiger partial charge in [-0.25, -0.2) is 9.59 Å². The van der Waals surface area contributed by atoms with Crippen molar-refractivity contribution in [2.45, 2.75) is 44.9 Å². The standard InChI is InChI=1S/C10H18N2O5/c1-10(2,3)16-9(15)12-5-6(13)4-7(12)8(14)17-11/h6-7,13H,4-5,11H2,1-3H3/t6-,7-/m0/s1. The van der Waals surface area contributed by atoms with E-state index in [-0.39, 0.29) is 13.0 Å². The molecule has 1 fully saturated rings. The number of hydrogen-bond acceptors (Lipinski definition) is 6. The molecule has 1 aliphatic heterocycles. The van der Waals surface area contributed by atoms with Gasteiger partial charge in [-0.05, 0) is 20.8 Å². The number of carbonyl (C=O) groups excluding carboxylic acids is 2. The van der Waals surface area contributed by atoms with Gasteiger partial charge in [0, 0.05) is 6.42 Å². The van der Waals surface area contributed by atoms with Crippen molar-refractivity contribution in [3.05, 3.63) is 0 Å². The van der Waals surface area contributed by atoms with Crippen LogP contribution >= 0.6 is 0 Å². The monoisotopic (exact) mass is 246 g/mol. The molecule has 0 unspecified atom stereocenters. The van der Waals surface area contributed by atoms with Gasteiger partial charge in [0.1, 0.15) is 11.6 Å². The van der Waals surface area contributed by atoms with Crippen LogP contribution in [0.25, 0.3) is 0 Å². The van der Waals surface area contributed by atoms with E-state index in [1.165, 1.54) is 0 Å². The van der Waals surface area contributed by atoms with Crippen LogP contribution < -0.4 is 5.90 Å². The van der Waals surface area contributed by atoms with Gasteiger partial charge in [0.05, 0.1) is 12.6 Å². The number of rotatable bonds is 1. The van der Waals surface area contributed by atoms with E-state index in [2.05, 4.69) is 4.84 Å². The molecule has 0 aliphatic carbocycles. The van der Waals surface area contributed by atoms with Crippen molar-refractivity contribution in [1.82, 2.24) is 4.90 Å². The van der Waals surface area contributed by atoms with E-state index in [9.17, 15) is 14.7 Å². The molecule has 7 nitrogen and oxygen atoms in total. The SMILES string of the molecule is CC(C)(C)OC(=O)N1C[C@@H](O)C[C@H]1C(=O)ON. The van der Waals surface area contributed by atoms with Crippen LogP contribution in [0.15, 0.2) is 0 Å². The summed E-state index contributed by atoms with van der Waals surface area (Å²) in [6, 6.07) is -0.884. The summed E-state index contributed by atoms with van der Waals surface area (Å²) in [5.74, 6) is 4.02. The summed E-state index contributed by atoms with van der Waals surface area (Å²) in [7, 11) is 0. The van der Waals surface area contributed by atoms with Crippen LogP contribution in [0.1, 0.15) is 27.2 Å². The Bertz CT molecular complexity index is 312. The maximum absolute atomic E-state index is 11.8. The third-order valence-electron chi connectivity index (χ3n) is 2.30. The minimum absolute atomic E-state index is 0.0364. The fraction of sp³-hybridized carbons (Fsp3) is 0.800. The lowest BCUT2D eigenvalue weighted by atomic mass is 10.2. The highest BCUT2D eigenvalue weighted by Crippen LogP contribution is 2.21. The van der Waals surface area contributed by atoms with Crippen LogP contribution in [0, 0.1) is 0 Å². The Morgan fingerprint density at radius 1 is 1.41 bits per heavy atom. The number of β-amino-alcohol motifs (C(OH)–C–C–N with tert-alkyl or cyclic N) is 1. The number of ether oxygens (including phenoxy) is 1. The molecule has 0 aromatic rings. The van der Waals surface area contributed by atoms with Gasteiger partial charge in [0.25, 0.3) is 0 Å². The molecule has 0 bridgehead atoms. The first kappa shape index (κ1) is 13.7. The van der Waals surface area contributed by atoms with Gasteiger partial charge in [-0.2, -0.15) is 5.90 Å². The number of likely N-dealkylation sites (tertiary alicyclic amines) is 1. The third kappa shape index (κ3) is 3.57. The van der Waals surface area contributed by atoms with Crippen molar-refractivity contribution < 1.29 is 24.3 Å². The molecule has 0 aromatic carbocycles. The first-order valence-corrected chi connectivity index (χ1v) is 5.33. The Labute approximate surface area is 99.4 Å². The molecular formula is C10H18N2O5. The lowest BCUT2D eigenvalue weighted by molar-refractivity contribution is -0.149. The van der Waals surface area contributed by atoms with Crippen LogP contribution in [-0.4, -0.2) is 46.4 Å². The van der Waals surface area contributed by atoms with E-state index in [0.717, 1.165) is 4.90 Å². The largest absolute Gasteiger partial charge is 0.444 e. The summed E-state index contributed by atoms with van der Waals surface area (Å²) >= 11 is 0. The van der Waals surface area contributed by atoms with E-state index in [1.807, 2.05) is 0 Å². The minimum Gasteiger partial charge on any atom is -0.444 e. The Balaban J connectivity index is 2.73. The second kappa shape index (κ2) is 4.89. The molecule has 98 valence electrons. The molecule has 7 heteroatoms. The predicted octanol–water partition coefficient (Wildman–Crippen LogP) is -0.226. The van der Waals surface area contributed by atoms with Crippen molar-refractivity contribution in [2.24, 2.45) is 5.90 Å². The maximum atomic E-state index is 11.8. The molecule has 2 atom stereocenters. The van der Waals surface area contributed by atoms with Crippen molar-refractivity contribution in [1.29, 1.82) is 0 Å². The third-order valence-corrected chi connectivity index (χ3v) is 2.30. The first-order valence-electron chi connectivity index (χ1n) is 5.33. The van der Waals surface area contributed by atoms with Crippen LogP contribution in [0.4, 0.5) is 4.79 Å². The Morgan fingerprint density at radius 3 is 2.47 bits per heavy atom. The highest BCUT2D eigenvalue weighted by atomic mass is 16.7. The van der Waals surface area contributed by atoms with Gasteiger partial charge >= 0.3 is 12.1 Å². The molecule has 3 N–H and O–H groups in total. The number of nitrogens with zero attached hydrogens (tertiary/aromatic N) is 1. The van der Waals surface area contributed by atoms with E-state index < -0.39 is 29.8 Å². The zero-order chi connectivity index (χ0) is 13.2. The topological polar surface area (TPSA) is 102 Å². The number of aliphatic hydroxyl groups excluding tert-OH is 1. The lowest BCUT2D eigenvalue weighted by Gasteiger charge is -2.26. The van der Waals surface area contributed by atoms with Gasteiger partial charge < -0.3 is 14.7 Å². The molecule has 1 saturated heterocycles. The zero-order valence-electron chi connectivity index (χ0n) is 10.2. The van der Waals surface area contributed by atoms with Gasteiger partial charge in [0.2, 0.25) is 0 Å². The van der Waals surface area contributed by atoms with Crippen LogP contribution in [0.3, 0.4) is 0 Å². The molecule has 1 amide bonds. The molecule has 17 heavy (non-hydrogen) atoms. The fourth-order valence-electron chi connectivity index (χ4n) is 1.64. The normalized spacial score (nSPS) is 24.6. The molecule has 0 saturated carbocycles. The van der Waals surface area contributed by atoms with Crippen LogP contribution in [0.2, 0.25) is 0 Å². The quantitative estimate of drug-likeness (QED) is 0.620. The van der Waals surface area contributed by atoms with Crippen molar-refractivity contribution in [3.63, 3.8) is 0 Å². The molecule has 1 heterocycles. The number of amides is 1. The predicted molar refractivity (Wildman–Crippen MR) is 57.6 cm³/mol. The zero-order valence-corrected chi connectivity index (χ0v) is 10.2. The second-order valence-corrected chi connectivity index (χ2v) is 4.97. The van der Waals surface area contributed by atoms with E-state index in [1.54, 1.807) is 20.8 Å². The maximum Gasteiger partial charge on any atom is 0.411 e. The smallest absolute Gasteiger partial charge is 0.411 e. The average Bonchev–Trinajstić information content (AvgIpc) is 2.56. The number of hydrogen-bond donors (Lipinski definition) is 2. The lowest BCUT2D eigenvalue weighted by Crippen LogP contribution is -2.44. The Kier molecular flexibility index (Phi) is 3.94. The Morgan fingerprint density at radius 2 is 2.00 bits per heavy atom. The number of nitrogens with two attached hydrogens (primary N) is 1. The highest BCUT2D eigenvalue weighted by Gasteiger charge is 2.41. The molecular weight excluding hydrogens is 228 g/mol. The van der Waals surface area contributed by atoms with Crippen LogP contribution in [0.5, 0.6) is 0 Å². The number of aliphatic hydroxyl groups is 1. The van der Waals surface area contributed by atoms with Gasteiger partial charge in [-0.1, -0.05) is 0 Å². The first-order chi connectivity index (χ1) is 7.74. The highest BCUT2D eigenvalue weighted by molar-refractivity contribution is 5.82. The summed E-state index contributed by atoms with van der Waals surface area (Å²) in [4.78, 5) is 28.3.